The van der Waals surface area contributed by atoms with Gasteiger partial charge < -0.3 is 0 Å². The average molecular weight is 785 g/mol. The van der Waals surface area contributed by atoms with Gasteiger partial charge >= 0.3 is 0 Å². The molecule has 11 rings (SSSR count). The van der Waals surface area contributed by atoms with Crippen LogP contribution in [0.3, 0.4) is 0 Å². The molecule has 0 saturated heterocycles. The van der Waals surface area contributed by atoms with E-state index in [4.69, 9.17) is 19.9 Å². The Balaban J connectivity index is 1.10. The number of rotatable bonds is 7. The summed E-state index contributed by atoms with van der Waals surface area (Å²) in [5.41, 5.74) is 12.6. The Kier molecular flexibility index (Phi) is 8.94. The largest absolute Gasteiger partial charge is 0.256 e. The molecule has 1 aliphatic rings. The lowest BCUT2D eigenvalue weighted by molar-refractivity contribution is 0.703. The summed E-state index contributed by atoms with van der Waals surface area (Å²) in [4.78, 5) is 22.4. The van der Waals surface area contributed by atoms with E-state index in [2.05, 4.69) is 170 Å². The Bertz CT molecular complexity index is 3050. The maximum Gasteiger partial charge on any atom is 0.164 e. The molecule has 3 heterocycles. The molecule has 0 spiro atoms. The summed E-state index contributed by atoms with van der Waals surface area (Å²) in [6.45, 7) is 0. The molecule has 282 valence electrons. The molecule has 0 radical (unpaired) electrons. The van der Waals surface area contributed by atoms with Crippen molar-refractivity contribution in [1.29, 1.82) is 0 Å². The zero-order chi connectivity index (χ0) is 39.9. The van der Waals surface area contributed by atoms with Gasteiger partial charge in [-0.25, -0.2) is 15.0 Å². The Labute approximate surface area is 353 Å². The third-order valence-corrected chi connectivity index (χ3v) is 12.7. The Morgan fingerprint density at radius 1 is 0.350 bits per heavy atom. The van der Waals surface area contributed by atoms with Crippen LogP contribution in [-0.2, 0) is 5.41 Å². The molecule has 0 aliphatic carbocycles. The first-order valence-electron chi connectivity index (χ1n) is 20.1. The highest BCUT2D eigenvalue weighted by molar-refractivity contribution is 7.99. The van der Waals surface area contributed by atoms with E-state index in [1.54, 1.807) is 0 Å². The fourth-order valence-corrected chi connectivity index (χ4v) is 9.84. The van der Waals surface area contributed by atoms with Crippen LogP contribution in [0.5, 0.6) is 0 Å². The van der Waals surface area contributed by atoms with E-state index < -0.39 is 5.41 Å². The summed E-state index contributed by atoms with van der Waals surface area (Å²) in [6.07, 6.45) is 1.87. The number of nitrogens with zero attached hydrogens (tertiary/aromatic N) is 4. The summed E-state index contributed by atoms with van der Waals surface area (Å²) in [5, 5.41) is 1.14. The monoisotopic (exact) mass is 784 g/mol. The highest BCUT2D eigenvalue weighted by atomic mass is 32.2. The fourth-order valence-electron chi connectivity index (χ4n) is 8.69. The van der Waals surface area contributed by atoms with Crippen molar-refractivity contribution in [2.24, 2.45) is 0 Å². The normalized spacial score (nSPS) is 12.7. The van der Waals surface area contributed by atoms with Crippen LogP contribution in [0.25, 0.3) is 67.3 Å². The lowest BCUT2D eigenvalue weighted by Gasteiger charge is -2.42. The van der Waals surface area contributed by atoms with Crippen LogP contribution in [-0.4, -0.2) is 19.9 Å². The van der Waals surface area contributed by atoms with Crippen molar-refractivity contribution in [3.05, 3.63) is 241 Å². The van der Waals surface area contributed by atoms with Crippen molar-refractivity contribution >= 4 is 22.7 Å². The van der Waals surface area contributed by atoms with Gasteiger partial charge in [-0.05, 0) is 69.3 Å². The van der Waals surface area contributed by atoms with Crippen molar-refractivity contribution in [3.8, 4) is 56.4 Å². The van der Waals surface area contributed by atoms with Crippen LogP contribution in [0.4, 0.5) is 0 Å². The summed E-state index contributed by atoms with van der Waals surface area (Å²) in [7, 11) is 0. The van der Waals surface area contributed by atoms with Crippen molar-refractivity contribution in [1.82, 2.24) is 19.9 Å². The minimum Gasteiger partial charge on any atom is -0.256 e. The number of aromatic nitrogens is 4. The molecule has 0 fully saturated rings. The first-order valence-corrected chi connectivity index (χ1v) is 20.9. The van der Waals surface area contributed by atoms with E-state index >= 15 is 0 Å². The number of fused-ring (bicyclic) bond motifs is 3. The van der Waals surface area contributed by atoms with E-state index in [1.807, 2.05) is 60.4 Å². The summed E-state index contributed by atoms with van der Waals surface area (Å²) >= 11 is 1.82. The highest BCUT2D eigenvalue weighted by Crippen LogP contribution is 2.57. The van der Waals surface area contributed by atoms with Crippen LogP contribution in [0, 0.1) is 0 Å². The van der Waals surface area contributed by atoms with E-state index in [0.29, 0.717) is 17.5 Å². The third kappa shape index (κ3) is 6.19. The predicted octanol–water partition coefficient (Wildman–Crippen LogP) is 13.6. The number of para-hydroxylation sites is 1. The van der Waals surface area contributed by atoms with Gasteiger partial charge in [0.1, 0.15) is 0 Å². The Hall–Kier alpha value is -7.47. The van der Waals surface area contributed by atoms with Crippen LogP contribution >= 0.6 is 11.8 Å². The molecule has 10 aromatic rings. The van der Waals surface area contributed by atoms with Crippen LogP contribution in [0.2, 0.25) is 0 Å². The van der Waals surface area contributed by atoms with E-state index in [0.717, 1.165) is 49.8 Å². The van der Waals surface area contributed by atoms with Gasteiger partial charge in [0.25, 0.3) is 0 Å². The lowest BCUT2D eigenvalue weighted by atomic mass is 9.64. The fraction of sp³-hybridized carbons (Fsp3) is 0.0182. The van der Waals surface area contributed by atoms with Gasteiger partial charge in [-0.15, -0.1) is 0 Å². The van der Waals surface area contributed by atoms with Crippen molar-refractivity contribution in [2.75, 3.05) is 0 Å². The number of pyridine rings is 1. The third-order valence-electron chi connectivity index (χ3n) is 11.5. The second-order valence-electron chi connectivity index (χ2n) is 15.0. The Morgan fingerprint density at radius 2 is 0.817 bits per heavy atom. The smallest absolute Gasteiger partial charge is 0.164 e. The SMILES string of the molecule is c1ccc(-c2nc(-c3ccccc3)nc(-c3ccc4c(c3)C(c3ccccc3)(c3ccccc3)c3cc(-c5ccc(-c6cccc7cccnc67)cc5)ccc3S4)n2)cc1. The molecule has 0 saturated carbocycles. The molecular weight excluding hydrogens is 749 g/mol. The number of benzene rings is 8. The quantitative estimate of drug-likeness (QED) is 0.161. The predicted molar refractivity (Wildman–Crippen MR) is 245 cm³/mol. The van der Waals surface area contributed by atoms with Gasteiger partial charge in [0.2, 0.25) is 0 Å². The Morgan fingerprint density at radius 3 is 1.40 bits per heavy atom. The zero-order valence-corrected chi connectivity index (χ0v) is 33.3. The zero-order valence-electron chi connectivity index (χ0n) is 32.5. The van der Waals surface area contributed by atoms with Gasteiger partial charge in [0, 0.05) is 43.6 Å². The average Bonchev–Trinajstić information content (AvgIpc) is 3.34. The second kappa shape index (κ2) is 15.0. The van der Waals surface area contributed by atoms with Crippen molar-refractivity contribution < 1.29 is 0 Å². The molecule has 60 heavy (non-hydrogen) atoms. The summed E-state index contributed by atoms with van der Waals surface area (Å²) < 4.78 is 0. The molecule has 0 bridgehead atoms. The highest BCUT2D eigenvalue weighted by Gasteiger charge is 2.44. The summed E-state index contributed by atoms with van der Waals surface area (Å²) in [6, 6.07) is 75.3. The number of hydrogen-bond donors (Lipinski definition) is 0. The second-order valence-corrected chi connectivity index (χ2v) is 16.1. The van der Waals surface area contributed by atoms with Crippen LogP contribution < -0.4 is 0 Å². The van der Waals surface area contributed by atoms with E-state index in [-0.39, 0.29) is 0 Å². The van der Waals surface area contributed by atoms with E-state index in [1.165, 1.54) is 32.0 Å². The van der Waals surface area contributed by atoms with Crippen molar-refractivity contribution in [2.45, 2.75) is 15.2 Å². The lowest BCUT2D eigenvalue weighted by Crippen LogP contribution is -2.34. The molecule has 0 atom stereocenters. The van der Waals surface area contributed by atoms with Crippen LogP contribution in [0.15, 0.2) is 228 Å². The molecule has 2 aromatic heterocycles. The minimum absolute atomic E-state index is 0.631. The number of hydrogen-bond acceptors (Lipinski definition) is 5. The molecule has 1 aliphatic heterocycles. The minimum atomic E-state index is -0.656. The molecule has 0 amide bonds. The van der Waals surface area contributed by atoms with Gasteiger partial charge in [0.05, 0.1) is 10.9 Å². The molecule has 5 heteroatoms. The standard InChI is InChI=1S/C55H36N4S/c1-5-15-40(16-6-1)52-57-53(41-17-7-2-8-18-41)59-54(58-52)43-31-33-50-48(36-43)55(44-21-9-3-10-22-44,45-23-11-4-12-24-45)47-35-42(30-32-49(47)60-50)37-26-28-38(29-27-37)46-25-13-19-39-20-14-34-56-51(39)46/h1-36H. The molecule has 4 nitrogen and oxygen atoms in total. The molecular formula is C55H36N4S. The van der Waals surface area contributed by atoms with E-state index in [9.17, 15) is 0 Å². The molecule has 0 unspecified atom stereocenters. The molecule has 8 aromatic carbocycles. The first kappa shape index (κ1) is 35.7. The van der Waals surface area contributed by atoms with Crippen molar-refractivity contribution in [3.63, 3.8) is 0 Å². The topological polar surface area (TPSA) is 51.6 Å². The summed E-state index contributed by atoms with van der Waals surface area (Å²) in [5.74, 6) is 1.91. The maximum atomic E-state index is 5.15. The maximum absolute atomic E-state index is 5.15. The van der Waals surface area contributed by atoms with Gasteiger partial charge in [-0.1, -0.05) is 194 Å². The van der Waals surface area contributed by atoms with Gasteiger partial charge in [-0.2, -0.15) is 0 Å². The first-order chi connectivity index (χ1) is 29.7. The van der Waals surface area contributed by atoms with Gasteiger partial charge in [-0.3, -0.25) is 4.98 Å². The molecule has 0 N–H and O–H groups in total. The van der Waals surface area contributed by atoms with Crippen LogP contribution in [0.1, 0.15) is 22.3 Å². The van der Waals surface area contributed by atoms with Gasteiger partial charge in [0.15, 0.2) is 17.5 Å².